The normalized spacial score (nSPS) is 21.7. The minimum atomic E-state index is -0.484. The molecule has 6 heteroatoms. The Kier molecular flexibility index (Phi) is 6.69. The van der Waals surface area contributed by atoms with Crippen LogP contribution >= 0.6 is 0 Å². The van der Waals surface area contributed by atoms with E-state index in [2.05, 4.69) is 34.5 Å². The summed E-state index contributed by atoms with van der Waals surface area (Å²) in [5.41, 5.74) is 5.37. The van der Waals surface area contributed by atoms with Crippen LogP contribution < -0.4 is 10.2 Å². The van der Waals surface area contributed by atoms with E-state index in [1.807, 2.05) is 50.2 Å². The molecular formula is C29H38N4O2. The molecule has 1 unspecified atom stereocenters. The third-order valence-electron chi connectivity index (χ3n) is 8.59. The molecule has 2 aliphatic heterocycles. The number of para-hydroxylation sites is 1. The number of hydrogen-bond donors (Lipinski definition) is 1. The minimum Gasteiger partial charge on any atom is -0.339 e. The van der Waals surface area contributed by atoms with Crippen LogP contribution in [0.2, 0.25) is 0 Å². The van der Waals surface area contributed by atoms with Gasteiger partial charge in [-0.25, -0.2) is 0 Å². The van der Waals surface area contributed by atoms with Gasteiger partial charge in [-0.2, -0.15) is 0 Å². The maximum Gasteiger partial charge on any atom is 0.244 e. The van der Waals surface area contributed by atoms with Crippen LogP contribution in [0.3, 0.4) is 0 Å². The quantitative estimate of drug-likeness (QED) is 0.653. The molecule has 1 spiro atoms. The molecule has 2 atom stereocenters. The van der Waals surface area contributed by atoms with Crippen LogP contribution in [-0.4, -0.2) is 67.6 Å². The lowest BCUT2D eigenvalue weighted by Gasteiger charge is -2.40. The molecule has 0 radical (unpaired) electrons. The number of fused-ring (bicyclic) bond motifs is 3. The van der Waals surface area contributed by atoms with Gasteiger partial charge in [0.05, 0.1) is 6.17 Å². The zero-order valence-corrected chi connectivity index (χ0v) is 21.3. The first-order valence-corrected chi connectivity index (χ1v) is 13.1. The summed E-state index contributed by atoms with van der Waals surface area (Å²) in [5, 5.41) is 3.07. The fraction of sp³-hybridized carbons (Fsp3) is 0.517. The first-order valence-electron chi connectivity index (χ1n) is 13.1. The zero-order valence-electron chi connectivity index (χ0n) is 21.3. The zero-order chi connectivity index (χ0) is 24.6. The number of benzene rings is 2. The van der Waals surface area contributed by atoms with Gasteiger partial charge in [0, 0.05) is 25.1 Å². The molecular weight excluding hydrogens is 436 g/mol. The maximum atomic E-state index is 13.5. The van der Waals surface area contributed by atoms with Gasteiger partial charge < -0.3 is 10.2 Å². The second-order valence-electron chi connectivity index (χ2n) is 10.8. The Morgan fingerprint density at radius 3 is 2.46 bits per heavy atom. The van der Waals surface area contributed by atoms with E-state index < -0.39 is 6.04 Å². The van der Waals surface area contributed by atoms with E-state index in [1.54, 1.807) is 10.5 Å². The minimum absolute atomic E-state index is 0.0408. The Morgan fingerprint density at radius 2 is 1.71 bits per heavy atom. The van der Waals surface area contributed by atoms with E-state index in [0.29, 0.717) is 18.3 Å². The number of aryl methyl sites for hydroxylation is 1. The third-order valence-corrected chi connectivity index (χ3v) is 8.59. The Hall–Kier alpha value is -2.70. The number of amides is 2. The maximum absolute atomic E-state index is 13.5. The van der Waals surface area contributed by atoms with Gasteiger partial charge in [0.1, 0.15) is 6.04 Å². The van der Waals surface area contributed by atoms with Crippen molar-refractivity contribution in [2.24, 2.45) is 0 Å². The molecule has 1 aliphatic carbocycles. The van der Waals surface area contributed by atoms with Crippen molar-refractivity contribution in [3.05, 3.63) is 65.2 Å². The molecule has 2 aromatic carbocycles. The van der Waals surface area contributed by atoms with Gasteiger partial charge in [0.2, 0.25) is 11.8 Å². The molecule has 2 amide bonds. The van der Waals surface area contributed by atoms with Crippen molar-refractivity contribution in [2.45, 2.75) is 63.1 Å². The van der Waals surface area contributed by atoms with Crippen LogP contribution in [0.4, 0.5) is 5.69 Å². The van der Waals surface area contributed by atoms with Crippen molar-refractivity contribution >= 4 is 17.5 Å². The number of rotatable bonds is 6. The summed E-state index contributed by atoms with van der Waals surface area (Å²) < 4.78 is 0. The number of anilines is 1. The van der Waals surface area contributed by atoms with Gasteiger partial charge in [-0.15, -0.1) is 0 Å². The van der Waals surface area contributed by atoms with E-state index >= 15 is 0 Å². The lowest BCUT2D eigenvalue weighted by Crippen LogP contribution is -2.53. The SMILES string of the molecule is C[C@@H](NC(=O)C1Cc2ccccc2N1C(=O)CCN1CCC2(CCc3ccccc32)CC1)N(C)C. The molecule has 1 N–H and O–H groups in total. The van der Waals surface area contributed by atoms with E-state index in [1.165, 1.54) is 18.4 Å². The third kappa shape index (κ3) is 4.62. The summed E-state index contributed by atoms with van der Waals surface area (Å²) >= 11 is 0. The number of piperidine rings is 1. The highest BCUT2D eigenvalue weighted by Gasteiger charge is 2.42. The Bertz CT molecular complexity index is 1090. The van der Waals surface area contributed by atoms with Crippen LogP contribution in [0.25, 0.3) is 0 Å². The number of nitrogens with zero attached hydrogens (tertiary/aromatic N) is 3. The van der Waals surface area contributed by atoms with Crippen molar-refractivity contribution in [1.29, 1.82) is 0 Å². The number of hydrogen-bond acceptors (Lipinski definition) is 4. The van der Waals surface area contributed by atoms with E-state index in [0.717, 1.165) is 43.7 Å². The summed E-state index contributed by atoms with van der Waals surface area (Å²) in [6.45, 7) is 4.76. The first-order chi connectivity index (χ1) is 16.9. The largest absolute Gasteiger partial charge is 0.339 e. The average Bonchev–Trinajstić information content (AvgIpc) is 3.43. The van der Waals surface area contributed by atoms with Crippen LogP contribution in [-0.2, 0) is 27.8 Å². The number of nitrogens with one attached hydrogen (secondary N) is 1. The van der Waals surface area contributed by atoms with Crippen molar-refractivity contribution in [3.63, 3.8) is 0 Å². The first kappa shape index (κ1) is 24.0. The molecule has 35 heavy (non-hydrogen) atoms. The summed E-state index contributed by atoms with van der Waals surface area (Å²) in [4.78, 5) is 32.8. The molecule has 3 aliphatic rings. The highest BCUT2D eigenvalue weighted by Crippen LogP contribution is 2.46. The van der Waals surface area contributed by atoms with Gasteiger partial charge in [0.15, 0.2) is 0 Å². The molecule has 2 aromatic rings. The van der Waals surface area contributed by atoms with Crippen LogP contribution in [0, 0.1) is 0 Å². The van der Waals surface area contributed by atoms with Gasteiger partial charge >= 0.3 is 0 Å². The van der Waals surface area contributed by atoms with E-state index in [-0.39, 0.29) is 18.0 Å². The smallest absolute Gasteiger partial charge is 0.244 e. The van der Waals surface area contributed by atoms with E-state index in [9.17, 15) is 9.59 Å². The highest BCUT2D eigenvalue weighted by atomic mass is 16.2. The second-order valence-corrected chi connectivity index (χ2v) is 10.8. The molecule has 1 fully saturated rings. The topological polar surface area (TPSA) is 55.9 Å². The van der Waals surface area contributed by atoms with Gasteiger partial charge in [0.25, 0.3) is 0 Å². The standard InChI is InChI=1S/C29H38N4O2/c1-21(31(2)3)30-28(35)26-20-23-9-5-7-11-25(23)33(26)27(34)13-17-32-18-15-29(16-19-32)14-12-22-8-4-6-10-24(22)29/h4-11,21,26H,12-20H2,1-3H3,(H,30,35)/t21-,26?/m0/s1. The molecule has 0 saturated carbocycles. The summed E-state index contributed by atoms with van der Waals surface area (Å²) in [5.74, 6) is -0.0466. The Labute approximate surface area is 209 Å². The fourth-order valence-corrected chi connectivity index (χ4v) is 6.20. The summed E-state index contributed by atoms with van der Waals surface area (Å²) in [6, 6.07) is 16.4. The Morgan fingerprint density at radius 1 is 1.03 bits per heavy atom. The fourth-order valence-electron chi connectivity index (χ4n) is 6.20. The predicted molar refractivity (Wildman–Crippen MR) is 139 cm³/mol. The Balaban J connectivity index is 1.22. The molecule has 2 heterocycles. The number of likely N-dealkylation sites (tertiary alicyclic amines) is 1. The average molecular weight is 475 g/mol. The van der Waals surface area contributed by atoms with Crippen molar-refractivity contribution in [2.75, 3.05) is 38.6 Å². The van der Waals surface area contributed by atoms with E-state index in [4.69, 9.17) is 0 Å². The predicted octanol–water partition coefficient (Wildman–Crippen LogP) is 3.34. The molecule has 186 valence electrons. The van der Waals surface area contributed by atoms with Crippen molar-refractivity contribution in [3.8, 4) is 0 Å². The van der Waals surface area contributed by atoms with Crippen molar-refractivity contribution < 1.29 is 9.59 Å². The lowest BCUT2D eigenvalue weighted by molar-refractivity contribution is -0.127. The van der Waals surface area contributed by atoms with Crippen LogP contribution in [0.5, 0.6) is 0 Å². The summed E-state index contributed by atoms with van der Waals surface area (Å²) in [6.07, 6.45) is 5.69. The molecule has 1 saturated heterocycles. The van der Waals surface area contributed by atoms with Gasteiger partial charge in [-0.1, -0.05) is 42.5 Å². The van der Waals surface area contributed by atoms with Crippen LogP contribution in [0.15, 0.2) is 48.5 Å². The second kappa shape index (κ2) is 9.75. The van der Waals surface area contributed by atoms with Gasteiger partial charge in [-0.3, -0.25) is 19.4 Å². The molecule has 5 rings (SSSR count). The lowest BCUT2D eigenvalue weighted by atomic mass is 9.74. The van der Waals surface area contributed by atoms with Crippen molar-refractivity contribution in [1.82, 2.24) is 15.1 Å². The van der Waals surface area contributed by atoms with Gasteiger partial charge in [-0.05, 0) is 88.0 Å². The van der Waals surface area contributed by atoms with Crippen LogP contribution in [0.1, 0.15) is 49.3 Å². The molecule has 6 nitrogen and oxygen atoms in total. The highest BCUT2D eigenvalue weighted by molar-refractivity contribution is 6.03. The monoisotopic (exact) mass is 474 g/mol. The summed E-state index contributed by atoms with van der Waals surface area (Å²) in [7, 11) is 3.87. The number of carbonyl (C=O) groups is 2. The number of carbonyl (C=O) groups excluding carboxylic acids is 2. The molecule has 0 bridgehead atoms. The molecule has 0 aromatic heterocycles.